The zero-order valence-electron chi connectivity index (χ0n) is 9.24. The maximum absolute atomic E-state index is 10.5. The molecule has 0 heterocycles. The fraction of sp³-hybridized carbons (Fsp3) is 0.545. The minimum absolute atomic E-state index is 0.195. The molecule has 0 unspecified atom stereocenters. The summed E-state index contributed by atoms with van der Waals surface area (Å²) in [5.74, 6) is -0.366. The van der Waals surface area contributed by atoms with Crippen molar-refractivity contribution in [2.24, 2.45) is 0 Å². The summed E-state index contributed by atoms with van der Waals surface area (Å²) in [5.41, 5.74) is 0.414. The first kappa shape index (κ1) is 16.3. The lowest BCUT2D eigenvalue weighted by Crippen LogP contribution is -2.03. The highest BCUT2D eigenvalue weighted by molar-refractivity contribution is 5.86. The van der Waals surface area contributed by atoms with Gasteiger partial charge in [-0.25, -0.2) is 4.79 Å². The maximum Gasteiger partial charge on any atom is 0.333 e. The first-order valence-electron chi connectivity index (χ1n) is 4.75. The Labute approximate surface area is 90.9 Å². The number of hydrogen-bond donors (Lipinski definition) is 2. The quantitative estimate of drug-likeness (QED) is 0.301. The van der Waals surface area contributed by atoms with Gasteiger partial charge in [0.05, 0.1) is 0 Å². The van der Waals surface area contributed by atoms with E-state index in [0.717, 1.165) is 12.8 Å². The monoisotopic (exact) mass is 216 g/mol. The first-order valence-corrected chi connectivity index (χ1v) is 4.75. The number of esters is 1. The lowest BCUT2D eigenvalue weighted by molar-refractivity contribution is -0.137. The van der Waals surface area contributed by atoms with Gasteiger partial charge in [0.25, 0.3) is 0 Å². The van der Waals surface area contributed by atoms with Crippen LogP contribution in [0.2, 0.25) is 0 Å². The van der Waals surface area contributed by atoms with Crippen molar-refractivity contribution in [3.8, 4) is 0 Å². The molecule has 0 aliphatic rings. The Morgan fingerprint density at radius 2 is 1.80 bits per heavy atom. The fourth-order valence-corrected chi connectivity index (χ4v) is 0.481. The zero-order chi connectivity index (χ0) is 12.1. The fourth-order valence-electron chi connectivity index (χ4n) is 0.481. The van der Waals surface area contributed by atoms with Gasteiger partial charge in [-0.05, 0) is 19.8 Å². The van der Waals surface area contributed by atoms with Crippen LogP contribution in [0.3, 0.4) is 0 Å². The summed E-state index contributed by atoms with van der Waals surface area (Å²) in [6, 6.07) is 0. The van der Waals surface area contributed by atoms with Crippen LogP contribution in [0.1, 0.15) is 19.8 Å². The Morgan fingerprint density at radius 3 is 2.07 bits per heavy atom. The molecule has 0 saturated heterocycles. The lowest BCUT2D eigenvalue weighted by Gasteiger charge is -1.97. The van der Waals surface area contributed by atoms with Gasteiger partial charge in [-0.2, -0.15) is 0 Å². The molecule has 0 aliphatic carbocycles. The van der Waals surface area contributed by atoms with Crippen molar-refractivity contribution in [3.05, 3.63) is 24.8 Å². The van der Waals surface area contributed by atoms with Crippen molar-refractivity contribution < 1.29 is 19.7 Å². The highest BCUT2D eigenvalue weighted by atomic mass is 16.5. The van der Waals surface area contributed by atoms with Crippen molar-refractivity contribution in [2.45, 2.75) is 19.8 Å². The maximum atomic E-state index is 10.5. The molecule has 0 atom stereocenters. The third-order valence-corrected chi connectivity index (χ3v) is 1.25. The Hall–Kier alpha value is -1.13. The third kappa shape index (κ3) is 15.6. The number of hydrogen-bond acceptors (Lipinski definition) is 4. The summed E-state index contributed by atoms with van der Waals surface area (Å²) in [6.45, 7) is 9.03. The number of unbranched alkanes of at least 4 members (excludes halogenated alkanes) is 1. The van der Waals surface area contributed by atoms with Gasteiger partial charge in [-0.1, -0.05) is 19.2 Å². The smallest absolute Gasteiger partial charge is 0.333 e. The van der Waals surface area contributed by atoms with Crippen LogP contribution in [-0.4, -0.2) is 36.0 Å². The van der Waals surface area contributed by atoms with Crippen molar-refractivity contribution in [2.75, 3.05) is 19.8 Å². The van der Waals surface area contributed by atoms with Crippen LogP contribution in [0, 0.1) is 0 Å². The van der Waals surface area contributed by atoms with Crippen LogP contribution in [0.15, 0.2) is 24.8 Å². The Kier molecular flexibility index (Phi) is 14.0. The summed E-state index contributed by atoms with van der Waals surface area (Å²) in [5, 5.41) is 16.2. The van der Waals surface area contributed by atoms with Crippen molar-refractivity contribution in [3.63, 3.8) is 0 Å². The standard InChI is InChI=1S/C7H10O2.C4H10O2/c1-4-5-9-7(8)6(2)3;5-3-1-2-4-6/h4H,1-2,5H2,3H3;5-6H,1-4H2. The summed E-state index contributed by atoms with van der Waals surface area (Å²) in [4.78, 5) is 10.5. The van der Waals surface area contributed by atoms with E-state index in [1.807, 2.05) is 0 Å². The van der Waals surface area contributed by atoms with Gasteiger partial charge >= 0.3 is 5.97 Å². The third-order valence-electron chi connectivity index (χ3n) is 1.25. The number of ether oxygens (including phenoxy) is 1. The summed E-state index contributed by atoms with van der Waals surface area (Å²) in [7, 11) is 0. The number of aliphatic hydroxyl groups excluding tert-OH is 2. The molecule has 0 aliphatic heterocycles. The molecule has 0 amide bonds. The average molecular weight is 216 g/mol. The van der Waals surface area contributed by atoms with Crippen LogP contribution in [-0.2, 0) is 9.53 Å². The molecule has 0 aromatic heterocycles. The first-order chi connectivity index (χ1) is 7.09. The minimum atomic E-state index is -0.366. The topological polar surface area (TPSA) is 66.8 Å². The predicted octanol–water partition coefficient (Wildman–Crippen LogP) is 1.04. The van der Waals surface area contributed by atoms with E-state index in [2.05, 4.69) is 17.9 Å². The Bertz CT molecular complexity index is 183. The van der Waals surface area contributed by atoms with E-state index < -0.39 is 0 Å². The highest BCUT2D eigenvalue weighted by Gasteiger charge is 1.98. The van der Waals surface area contributed by atoms with E-state index in [-0.39, 0.29) is 25.8 Å². The predicted molar refractivity (Wildman–Crippen MR) is 59.4 cm³/mol. The molecule has 0 aromatic rings. The second-order valence-corrected chi connectivity index (χ2v) is 2.82. The molecule has 0 aromatic carbocycles. The van der Waals surface area contributed by atoms with E-state index in [1.165, 1.54) is 6.08 Å². The normalized spacial score (nSPS) is 8.47. The molecule has 0 bridgehead atoms. The minimum Gasteiger partial charge on any atom is -0.458 e. The van der Waals surface area contributed by atoms with Gasteiger partial charge in [-0.3, -0.25) is 0 Å². The summed E-state index contributed by atoms with van der Waals surface area (Å²) in [6.07, 6.45) is 2.95. The van der Waals surface area contributed by atoms with Crippen LogP contribution in [0.4, 0.5) is 0 Å². The van der Waals surface area contributed by atoms with Gasteiger partial charge in [0.2, 0.25) is 0 Å². The van der Waals surface area contributed by atoms with Crippen molar-refractivity contribution >= 4 is 5.97 Å². The average Bonchev–Trinajstić information content (AvgIpc) is 2.23. The SMILES string of the molecule is C=CCOC(=O)C(=C)C.OCCCCO. The van der Waals surface area contributed by atoms with Crippen LogP contribution >= 0.6 is 0 Å². The van der Waals surface area contributed by atoms with E-state index in [0.29, 0.717) is 5.57 Å². The second-order valence-electron chi connectivity index (χ2n) is 2.82. The van der Waals surface area contributed by atoms with Gasteiger partial charge in [0, 0.05) is 18.8 Å². The molecule has 4 heteroatoms. The van der Waals surface area contributed by atoms with Gasteiger partial charge in [-0.15, -0.1) is 0 Å². The van der Waals surface area contributed by atoms with E-state index in [1.54, 1.807) is 6.92 Å². The van der Waals surface area contributed by atoms with Crippen molar-refractivity contribution in [1.29, 1.82) is 0 Å². The molecular formula is C11H20O4. The molecule has 0 fully saturated rings. The van der Waals surface area contributed by atoms with Crippen molar-refractivity contribution in [1.82, 2.24) is 0 Å². The number of carbonyl (C=O) groups is 1. The molecule has 0 radical (unpaired) electrons. The summed E-state index contributed by atoms with van der Waals surface area (Å²) >= 11 is 0. The molecule has 0 saturated carbocycles. The number of aliphatic hydroxyl groups is 2. The van der Waals surface area contributed by atoms with E-state index >= 15 is 0 Å². The molecule has 0 spiro atoms. The molecule has 2 N–H and O–H groups in total. The number of carbonyl (C=O) groups excluding carboxylic acids is 1. The molecular weight excluding hydrogens is 196 g/mol. The van der Waals surface area contributed by atoms with Crippen LogP contribution in [0.25, 0.3) is 0 Å². The number of rotatable bonds is 6. The molecule has 0 rings (SSSR count). The summed E-state index contributed by atoms with van der Waals surface area (Å²) < 4.78 is 4.60. The molecule has 4 nitrogen and oxygen atoms in total. The Balaban J connectivity index is 0. The van der Waals surface area contributed by atoms with Crippen LogP contribution < -0.4 is 0 Å². The molecule has 15 heavy (non-hydrogen) atoms. The zero-order valence-corrected chi connectivity index (χ0v) is 9.24. The van der Waals surface area contributed by atoms with Gasteiger partial charge in [0.15, 0.2) is 0 Å². The highest BCUT2D eigenvalue weighted by Crippen LogP contribution is 1.90. The lowest BCUT2D eigenvalue weighted by atomic mass is 10.3. The van der Waals surface area contributed by atoms with Gasteiger partial charge < -0.3 is 14.9 Å². The van der Waals surface area contributed by atoms with E-state index in [9.17, 15) is 4.79 Å². The van der Waals surface area contributed by atoms with Gasteiger partial charge in [0.1, 0.15) is 6.61 Å². The second kappa shape index (κ2) is 12.9. The Morgan fingerprint density at radius 1 is 1.33 bits per heavy atom. The molecule has 88 valence electrons. The largest absolute Gasteiger partial charge is 0.458 e. The van der Waals surface area contributed by atoms with Crippen LogP contribution in [0.5, 0.6) is 0 Å². The van der Waals surface area contributed by atoms with E-state index in [4.69, 9.17) is 10.2 Å².